The lowest BCUT2D eigenvalue weighted by atomic mass is 10.0. The largest absolute Gasteiger partial charge is 0.480 e. The molecule has 3 N–H and O–H groups in total. The SMILES string of the molecule is CCC1(CNC(=O)N[C@H](C(=O)O)C(C)C)CC1. The Labute approximate surface area is 102 Å². The monoisotopic (exact) mass is 242 g/mol. The highest BCUT2D eigenvalue weighted by Gasteiger charge is 2.40. The molecular formula is C12H22N2O3. The smallest absolute Gasteiger partial charge is 0.326 e. The highest BCUT2D eigenvalue weighted by atomic mass is 16.4. The number of amides is 2. The summed E-state index contributed by atoms with van der Waals surface area (Å²) in [7, 11) is 0. The zero-order valence-corrected chi connectivity index (χ0v) is 10.7. The van der Waals surface area contributed by atoms with Gasteiger partial charge in [0.05, 0.1) is 0 Å². The maximum absolute atomic E-state index is 11.6. The Balaban J connectivity index is 2.35. The number of carbonyl (C=O) groups is 2. The number of urea groups is 1. The minimum absolute atomic E-state index is 0.126. The number of rotatable bonds is 6. The first kappa shape index (κ1) is 13.8. The van der Waals surface area contributed by atoms with Gasteiger partial charge in [-0.15, -0.1) is 0 Å². The Kier molecular flexibility index (Phi) is 4.37. The quantitative estimate of drug-likeness (QED) is 0.661. The average molecular weight is 242 g/mol. The summed E-state index contributed by atoms with van der Waals surface area (Å²) >= 11 is 0. The zero-order valence-electron chi connectivity index (χ0n) is 10.7. The van der Waals surface area contributed by atoms with Crippen LogP contribution < -0.4 is 10.6 Å². The molecule has 0 heterocycles. The summed E-state index contributed by atoms with van der Waals surface area (Å²) in [6, 6.07) is -1.21. The molecule has 1 fully saturated rings. The van der Waals surface area contributed by atoms with Crippen molar-refractivity contribution in [3.05, 3.63) is 0 Å². The second kappa shape index (κ2) is 5.38. The van der Waals surface area contributed by atoms with Gasteiger partial charge in [-0.25, -0.2) is 9.59 Å². The van der Waals surface area contributed by atoms with Crippen molar-refractivity contribution >= 4 is 12.0 Å². The van der Waals surface area contributed by atoms with Gasteiger partial charge in [0.25, 0.3) is 0 Å². The molecule has 1 rings (SSSR count). The van der Waals surface area contributed by atoms with Gasteiger partial charge in [-0.3, -0.25) is 0 Å². The lowest BCUT2D eigenvalue weighted by Gasteiger charge is -2.19. The normalized spacial score (nSPS) is 18.6. The Hall–Kier alpha value is -1.26. The molecule has 1 saturated carbocycles. The van der Waals surface area contributed by atoms with Crippen LogP contribution in [0.15, 0.2) is 0 Å². The molecule has 0 aromatic rings. The van der Waals surface area contributed by atoms with E-state index < -0.39 is 12.0 Å². The van der Waals surface area contributed by atoms with Gasteiger partial charge in [-0.1, -0.05) is 20.8 Å². The van der Waals surface area contributed by atoms with E-state index in [0.29, 0.717) is 6.54 Å². The fourth-order valence-corrected chi connectivity index (χ4v) is 1.81. The number of carboxylic acids is 1. The standard InChI is InChI=1S/C12H22N2O3/c1-4-12(5-6-12)7-13-11(17)14-9(8(2)3)10(15)16/h8-9H,4-7H2,1-3H3,(H,15,16)(H2,13,14,17)/t9-/m0/s1. The van der Waals surface area contributed by atoms with Crippen molar-refractivity contribution < 1.29 is 14.7 Å². The molecule has 17 heavy (non-hydrogen) atoms. The number of carboxylic acid groups (broad SMARTS) is 1. The molecule has 5 nitrogen and oxygen atoms in total. The number of hydrogen-bond donors (Lipinski definition) is 3. The molecular weight excluding hydrogens is 220 g/mol. The number of hydrogen-bond acceptors (Lipinski definition) is 2. The van der Waals surface area contributed by atoms with Crippen LogP contribution in [0.3, 0.4) is 0 Å². The highest BCUT2D eigenvalue weighted by molar-refractivity contribution is 5.82. The molecule has 1 aliphatic carbocycles. The fraction of sp³-hybridized carbons (Fsp3) is 0.833. The molecule has 0 saturated heterocycles. The molecule has 0 bridgehead atoms. The Bertz CT molecular complexity index is 298. The minimum atomic E-state index is -0.994. The second-order valence-electron chi connectivity index (χ2n) is 5.24. The van der Waals surface area contributed by atoms with Crippen LogP contribution in [-0.2, 0) is 4.79 Å². The molecule has 5 heteroatoms. The summed E-state index contributed by atoms with van der Waals surface area (Å²) in [5.74, 6) is -1.12. The van der Waals surface area contributed by atoms with E-state index in [4.69, 9.17) is 5.11 Å². The van der Waals surface area contributed by atoms with Crippen LogP contribution in [0.5, 0.6) is 0 Å². The maximum Gasteiger partial charge on any atom is 0.326 e. The Morgan fingerprint density at radius 3 is 2.29 bits per heavy atom. The van der Waals surface area contributed by atoms with Crippen molar-refractivity contribution in [2.45, 2.75) is 46.1 Å². The van der Waals surface area contributed by atoms with Crippen molar-refractivity contribution in [1.82, 2.24) is 10.6 Å². The molecule has 0 aromatic heterocycles. The molecule has 1 atom stereocenters. The predicted molar refractivity (Wildman–Crippen MR) is 64.8 cm³/mol. The Morgan fingerprint density at radius 1 is 1.35 bits per heavy atom. The Morgan fingerprint density at radius 2 is 1.94 bits per heavy atom. The topological polar surface area (TPSA) is 78.4 Å². The molecule has 0 spiro atoms. The van der Waals surface area contributed by atoms with E-state index in [-0.39, 0.29) is 17.4 Å². The van der Waals surface area contributed by atoms with Gasteiger partial charge < -0.3 is 15.7 Å². The van der Waals surface area contributed by atoms with Crippen molar-refractivity contribution in [2.75, 3.05) is 6.54 Å². The summed E-state index contributed by atoms with van der Waals surface area (Å²) < 4.78 is 0. The van der Waals surface area contributed by atoms with Crippen LogP contribution in [0, 0.1) is 11.3 Å². The third kappa shape index (κ3) is 3.91. The average Bonchev–Trinajstić information content (AvgIpc) is 3.03. The van der Waals surface area contributed by atoms with Crippen LogP contribution >= 0.6 is 0 Å². The van der Waals surface area contributed by atoms with Crippen molar-refractivity contribution in [3.63, 3.8) is 0 Å². The molecule has 0 aliphatic heterocycles. The lowest BCUT2D eigenvalue weighted by Crippen LogP contribution is -2.49. The van der Waals surface area contributed by atoms with Gasteiger partial charge >= 0.3 is 12.0 Å². The van der Waals surface area contributed by atoms with Crippen LogP contribution in [-0.4, -0.2) is 29.7 Å². The lowest BCUT2D eigenvalue weighted by molar-refractivity contribution is -0.140. The predicted octanol–water partition coefficient (Wildman–Crippen LogP) is 1.58. The third-order valence-corrected chi connectivity index (χ3v) is 3.55. The summed E-state index contributed by atoms with van der Waals surface area (Å²) in [6.45, 7) is 6.29. The molecule has 0 aromatic carbocycles. The first-order valence-electron chi connectivity index (χ1n) is 6.17. The van der Waals surface area contributed by atoms with Crippen LogP contribution in [0.4, 0.5) is 4.79 Å². The van der Waals surface area contributed by atoms with Crippen LogP contribution in [0.25, 0.3) is 0 Å². The van der Waals surface area contributed by atoms with Crippen LogP contribution in [0.2, 0.25) is 0 Å². The first-order chi connectivity index (χ1) is 7.90. The van der Waals surface area contributed by atoms with E-state index in [9.17, 15) is 9.59 Å². The summed E-state index contributed by atoms with van der Waals surface area (Å²) in [4.78, 5) is 22.5. The van der Waals surface area contributed by atoms with Gasteiger partial charge in [0.2, 0.25) is 0 Å². The van der Waals surface area contributed by atoms with E-state index in [0.717, 1.165) is 19.3 Å². The summed E-state index contributed by atoms with van der Waals surface area (Å²) in [5.41, 5.74) is 0.272. The van der Waals surface area contributed by atoms with E-state index in [1.807, 2.05) is 0 Å². The number of carbonyl (C=O) groups excluding carboxylic acids is 1. The van der Waals surface area contributed by atoms with Gasteiger partial charge in [0.1, 0.15) is 6.04 Å². The second-order valence-corrected chi connectivity index (χ2v) is 5.24. The maximum atomic E-state index is 11.6. The van der Waals surface area contributed by atoms with E-state index in [1.54, 1.807) is 13.8 Å². The summed E-state index contributed by atoms with van der Waals surface area (Å²) in [5, 5.41) is 14.2. The van der Waals surface area contributed by atoms with Crippen molar-refractivity contribution in [1.29, 1.82) is 0 Å². The van der Waals surface area contributed by atoms with Gasteiger partial charge in [-0.2, -0.15) is 0 Å². The van der Waals surface area contributed by atoms with Crippen molar-refractivity contribution in [3.8, 4) is 0 Å². The minimum Gasteiger partial charge on any atom is -0.480 e. The van der Waals surface area contributed by atoms with Gasteiger partial charge in [0, 0.05) is 6.54 Å². The van der Waals surface area contributed by atoms with Gasteiger partial charge in [-0.05, 0) is 30.6 Å². The fourth-order valence-electron chi connectivity index (χ4n) is 1.81. The zero-order chi connectivity index (χ0) is 13.1. The molecule has 2 amide bonds. The van der Waals surface area contributed by atoms with Gasteiger partial charge in [0.15, 0.2) is 0 Å². The van der Waals surface area contributed by atoms with Crippen molar-refractivity contribution in [2.24, 2.45) is 11.3 Å². The number of nitrogens with one attached hydrogen (secondary N) is 2. The molecule has 0 unspecified atom stereocenters. The van der Waals surface area contributed by atoms with E-state index in [2.05, 4.69) is 17.6 Å². The van der Waals surface area contributed by atoms with E-state index >= 15 is 0 Å². The summed E-state index contributed by atoms with van der Waals surface area (Å²) in [6.07, 6.45) is 3.35. The first-order valence-corrected chi connectivity index (χ1v) is 6.17. The third-order valence-electron chi connectivity index (χ3n) is 3.55. The highest BCUT2D eigenvalue weighted by Crippen LogP contribution is 2.47. The molecule has 0 radical (unpaired) electrons. The van der Waals surface area contributed by atoms with Crippen LogP contribution in [0.1, 0.15) is 40.0 Å². The van der Waals surface area contributed by atoms with E-state index in [1.165, 1.54) is 0 Å². The molecule has 98 valence electrons. The molecule has 1 aliphatic rings. The number of aliphatic carboxylic acids is 1.